The highest BCUT2D eigenvalue weighted by atomic mass is 16.1. The van der Waals surface area contributed by atoms with E-state index in [1.165, 1.54) is 0 Å². The number of nitrogens with one attached hydrogen (secondary N) is 1. The Kier molecular flexibility index (Phi) is 4.05. The third kappa shape index (κ3) is 3.37. The van der Waals surface area contributed by atoms with Gasteiger partial charge in [-0.05, 0) is 36.2 Å². The van der Waals surface area contributed by atoms with Gasteiger partial charge in [-0.25, -0.2) is 4.68 Å². The van der Waals surface area contributed by atoms with Gasteiger partial charge in [0.25, 0.3) is 0 Å². The zero-order valence-electron chi connectivity index (χ0n) is 12.7. The Morgan fingerprint density at radius 1 is 1.30 bits per heavy atom. The maximum absolute atomic E-state index is 11.2. The number of hydrogen-bond donors (Lipinski definition) is 2. The van der Waals surface area contributed by atoms with E-state index in [-0.39, 0.29) is 0 Å². The quantitative estimate of drug-likeness (QED) is 0.757. The molecule has 0 aliphatic rings. The topological polar surface area (TPSA) is 85.8 Å². The largest absolute Gasteiger partial charge is 0.378 e. The Hall–Kier alpha value is -3.15. The molecule has 0 radical (unpaired) electrons. The van der Waals surface area contributed by atoms with Crippen LogP contribution in [0.3, 0.4) is 0 Å². The lowest BCUT2D eigenvalue weighted by atomic mass is 10.1. The molecule has 0 aliphatic carbocycles. The molecule has 116 valence electrons. The summed E-state index contributed by atoms with van der Waals surface area (Å²) in [6.07, 6.45) is 7.24. The lowest BCUT2D eigenvalue weighted by Gasteiger charge is -2.12. The summed E-state index contributed by atoms with van der Waals surface area (Å²) in [4.78, 5) is 15.4. The predicted octanol–water partition coefficient (Wildman–Crippen LogP) is 2.29. The molecule has 3 aromatic rings. The molecule has 23 heavy (non-hydrogen) atoms. The molecule has 0 atom stereocenters. The number of amides is 1. The third-order valence-corrected chi connectivity index (χ3v) is 3.45. The molecule has 0 spiro atoms. The Labute approximate surface area is 134 Å². The van der Waals surface area contributed by atoms with Gasteiger partial charge in [0.1, 0.15) is 0 Å². The molecule has 2 aromatic heterocycles. The van der Waals surface area contributed by atoms with Crippen molar-refractivity contribution in [1.29, 1.82) is 0 Å². The lowest BCUT2D eigenvalue weighted by molar-refractivity contribution is 0.1000. The van der Waals surface area contributed by atoms with Crippen molar-refractivity contribution in [2.45, 2.75) is 13.5 Å². The van der Waals surface area contributed by atoms with Gasteiger partial charge in [-0.2, -0.15) is 5.10 Å². The van der Waals surface area contributed by atoms with Crippen LogP contribution in [0.5, 0.6) is 0 Å². The van der Waals surface area contributed by atoms with Crippen LogP contribution in [0.2, 0.25) is 0 Å². The Morgan fingerprint density at radius 3 is 2.91 bits per heavy atom. The molecule has 6 nitrogen and oxygen atoms in total. The van der Waals surface area contributed by atoms with Gasteiger partial charge in [0.2, 0.25) is 5.91 Å². The van der Waals surface area contributed by atoms with Gasteiger partial charge >= 0.3 is 0 Å². The summed E-state index contributed by atoms with van der Waals surface area (Å²) in [7, 11) is 0. The molecule has 0 saturated carbocycles. The van der Waals surface area contributed by atoms with Crippen LogP contribution in [0.25, 0.3) is 5.69 Å². The summed E-state index contributed by atoms with van der Waals surface area (Å²) in [6.45, 7) is 2.55. The molecule has 1 amide bonds. The van der Waals surface area contributed by atoms with E-state index >= 15 is 0 Å². The number of pyridine rings is 1. The molecule has 3 N–H and O–H groups in total. The average molecular weight is 307 g/mol. The van der Waals surface area contributed by atoms with Gasteiger partial charge in [-0.15, -0.1) is 0 Å². The number of rotatable bonds is 5. The molecule has 2 heterocycles. The van der Waals surface area contributed by atoms with Crippen molar-refractivity contribution in [3.63, 3.8) is 0 Å². The van der Waals surface area contributed by atoms with Gasteiger partial charge in [-0.1, -0.05) is 12.1 Å². The van der Waals surface area contributed by atoms with E-state index in [1.807, 2.05) is 31.3 Å². The molecule has 0 saturated heterocycles. The second kappa shape index (κ2) is 6.31. The third-order valence-electron chi connectivity index (χ3n) is 3.45. The van der Waals surface area contributed by atoms with E-state index in [0.717, 1.165) is 22.5 Å². The first kappa shape index (κ1) is 14.8. The van der Waals surface area contributed by atoms with Crippen LogP contribution in [0.1, 0.15) is 21.5 Å². The number of primary amides is 1. The van der Waals surface area contributed by atoms with Crippen LogP contribution < -0.4 is 11.1 Å². The van der Waals surface area contributed by atoms with E-state index in [1.54, 1.807) is 35.4 Å². The first-order valence-corrected chi connectivity index (χ1v) is 7.22. The summed E-state index contributed by atoms with van der Waals surface area (Å²) in [5.74, 6) is -0.430. The minimum Gasteiger partial charge on any atom is -0.378 e. The highest BCUT2D eigenvalue weighted by Gasteiger charge is 2.06. The van der Waals surface area contributed by atoms with Crippen molar-refractivity contribution in [2.24, 2.45) is 5.73 Å². The molecule has 0 unspecified atom stereocenters. The number of aromatic nitrogens is 3. The van der Waals surface area contributed by atoms with Gasteiger partial charge in [-0.3, -0.25) is 9.78 Å². The molecular formula is C17H17N5O. The number of nitrogens with two attached hydrogens (primary N) is 1. The van der Waals surface area contributed by atoms with Crippen molar-refractivity contribution in [3.05, 3.63) is 71.8 Å². The fourth-order valence-electron chi connectivity index (χ4n) is 2.30. The first-order chi connectivity index (χ1) is 11.1. The van der Waals surface area contributed by atoms with Gasteiger partial charge in [0.05, 0.1) is 23.8 Å². The van der Waals surface area contributed by atoms with Crippen LogP contribution in [0, 0.1) is 6.92 Å². The molecule has 6 heteroatoms. The highest BCUT2D eigenvalue weighted by Crippen LogP contribution is 2.19. The molecule has 3 rings (SSSR count). The van der Waals surface area contributed by atoms with Crippen molar-refractivity contribution in [1.82, 2.24) is 14.8 Å². The van der Waals surface area contributed by atoms with E-state index in [2.05, 4.69) is 15.4 Å². The van der Waals surface area contributed by atoms with E-state index in [0.29, 0.717) is 12.1 Å². The summed E-state index contributed by atoms with van der Waals surface area (Å²) in [5, 5.41) is 7.65. The van der Waals surface area contributed by atoms with Crippen molar-refractivity contribution >= 4 is 11.6 Å². The first-order valence-electron chi connectivity index (χ1n) is 7.22. The number of hydrogen-bond acceptors (Lipinski definition) is 4. The smallest absolute Gasteiger partial charge is 0.248 e. The minimum absolute atomic E-state index is 0.430. The van der Waals surface area contributed by atoms with Crippen LogP contribution in [-0.2, 0) is 6.54 Å². The van der Waals surface area contributed by atoms with Crippen LogP contribution in [0.15, 0.2) is 55.1 Å². The zero-order chi connectivity index (χ0) is 16.2. The lowest BCUT2D eigenvalue weighted by Crippen LogP contribution is -2.11. The Balaban J connectivity index is 1.81. The number of carbonyl (C=O) groups is 1. The molecule has 1 aromatic carbocycles. The minimum atomic E-state index is -0.430. The van der Waals surface area contributed by atoms with Crippen molar-refractivity contribution < 1.29 is 4.79 Å². The number of aryl methyl sites for hydroxylation is 1. The second-order valence-corrected chi connectivity index (χ2v) is 5.27. The fourth-order valence-corrected chi connectivity index (χ4v) is 2.30. The summed E-state index contributed by atoms with van der Waals surface area (Å²) in [6, 6.07) is 9.14. The monoisotopic (exact) mass is 307 g/mol. The molecular weight excluding hydrogens is 290 g/mol. The van der Waals surface area contributed by atoms with Crippen LogP contribution in [0.4, 0.5) is 5.69 Å². The molecule has 0 aliphatic heterocycles. The van der Waals surface area contributed by atoms with Gasteiger partial charge in [0, 0.05) is 24.5 Å². The van der Waals surface area contributed by atoms with E-state index in [9.17, 15) is 4.79 Å². The number of carbonyl (C=O) groups excluding carboxylic acids is 1. The van der Waals surface area contributed by atoms with Crippen molar-refractivity contribution in [2.75, 3.05) is 5.32 Å². The normalized spacial score (nSPS) is 10.5. The zero-order valence-corrected chi connectivity index (χ0v) is 12.7. The average Bonchev–Trinajstić information content (AvgIpc) is 3.00. The second-order valence-electron chi connectivity index (χ2n) is 5.27. The summed E-state index contributed by atoms with van der Waals surface area (Å²) < 4.78 is 1.80. The Morgan fingerprint density at radius 2 is 2.17 bits per heavy atom. The van der Waals surface area contributed by atoms with Crippen molar-refractivity contribution in [3.8, 4) is 5.69 Å². The maximum Gasteiger partial charge on any atom is 0.248 e. The molecule has 0 bridgehead atoms. The van der Waals surface area contributed by atoms with Crippen LogP contribution >= 0.6 is 0 Å². The highest BCUT2D eigenvalue weighted by molar-refractivity contribution is 5.92. The van der Waals surface area contributed by atoms with E-state index < -0.39 is 5.91 Å². The number of anilines is 1. The van der Waals surface area contributed by atoms with Gasteiger partial charge < -0.3 is 11.1 Å². The predicted molar refractivity (Wildman–Crippen MR) is 88.4 cm³/mol. The Bertz CT molecular complexity index is 840. The number of benzene rings is 1. The van der Waals surface area contributed by atoms with Crippen LogP contribution in [-0.4, -0.2) is 20.7 Å². The maximum atomic E-state index is 11.2. The fraction of sp³-hybridized carbons (Fsp3) is 0.118. The van der Waals surface area contributed by atoms with E-state index in [4.69, 9.17) is 5.73 Å². The van der Waals surface area contributed by atoms with Gasteiger partial charge in [0.15, 0.2) is 0 Å². The standard InChI is InChI=1S/C17H17N5O/c1-12-8-21-22(11-12)16-5-6-19-10-15(16)20-9-13-3-2-4-14(7-13)17(18)23/h2-8,10-11,20H,9H2,1H3,(H2,18,23). The molecule has 0 fully saturated rings. The SMILES string of the molecule is Cc1cnn(-c2ccncc2NCc2cccc(C(N)=O)c2)c1. The summed E-state index contributed by atoms with van der Waals surface area (Å²) in [5.41, 5.74) is 9.64. The number of nitrogens with zero attached hydrogens (tertiary/aromatic N) is 3. The summed E-state index contributed by atoms with van der Waals surface area (Å²) >= 11 is 0.